The molecule has 0 amide bonds. The van der Waals surface area contributed by atoms with Gasteiger partial charge in [-0.05, 0) is 52.4 Å². The first kappa shape index (κ1) is 13.9. The average molecular weight is 366 g/mol. The molecule has 0 aliphatic heterocycles. The topological polar surface area (TPSA) is 44.5 Å². The zero-order chi connectivity index (χ0) is 15.1. The van der Waals surface area contributed by atoms with Gasteiger partial charge in [0.25, 0.3) is 0 Å². The Hall–Kier alpha value is -2.04. The van der Waals surface area contributed by atoms with Crippen LogP contribution in [0.15, 0.2) is 34.8 Å². The van der Waals surface area contributed by atoms with E-state index in [1.54, 1.807) is 10.6 Å². The van der Waals surface area contributed by atoms with Crippen LogP contribution >= 0.6 is 28.1 Å². The highest BCUT2D eigenvalue weighted by Crippen LogP contribution is 2.27. The smallest absolute Gasteiger partial charge is 0.182 e. The van der Waals surface area contributed by atoms with Crippen molar-refractivity contribution in [3.8, 4) is 11.8 Å². The van der Waals surface area contributed by atoms with E-state index in [-0.39, 0.29) is 10.0 Å². The quantitative estimate of drug-likeness (QED) is 0.640. The minimum Gasteiger partial charge on any atom is -0.330 e. The lowest BCUT2D eigenvalue weighted by atomic mass is 10.2. The van der Waals surface area contributed by atoms with Gasteiger partial charge in [-0.3, -0.25) is 4.57 Å². The molecule has 0 radical (unpaired) electrons. The number of halogens is 3. The first-order valence-corrected chi connectivity index (χ1v) is 7.01. The van der Waals surface area contributed by atoms with Crippen molar-refractivity contribution >= 4 is 39.2 Å². The standard InChI is InChI=1S/C14H6BrF2N3S/c15-9-4-13-11(5-10(9)17)19-14(21)20(13)12-2-1-8(16)3-7(12)6-18/h1-5H,(H,19,21). The Labute approximate surface area is 131 Å². The van der Waals surface area contributed by atoms with Crippen LogP contribution in [0.25, 0.3) is 16.7 Å². The van der Waals surface area contributed by atoms with Crippen molar-refractivity contribution in [1.29, 1.82) is 5.26 Å². The lowest BCUT2D eigenvalue weighted by molar-refractivity contribution is 0.623. The van der Waals surface area contributed by atoms with Crippen molar-refractivity contribution in [1.82, 2.24) is 9.55 Å². The van der Waals surface area contributed by atoms with E-state index in [9.17, 15) is 8.78 Å². The zero-order valence-electron chi connectivity index (χ0n) is 10.3. The van der Waals surface area contributed by atoms with Crippen molar-refractivity contribution in [3.05, 3.63) is 56.8 Å². The number of nitriles is 1. The largest absolute Gasteiger partial charge is 0.330 e. The zero-order valence-corrected chi connectivity index (χ0v) is 12.7. The molecule has 0 aliphatic rings. The fraction of sp³-hybridized carbons (Fsp3) is 0. The minimum absolute atomic E-state index is 0.146. The van der Waals surface area contributed by atoms with E-state index in [1.165, 1.54) is 18.2 Å². The summed E-state index contributed by atoms with van der Waals surface area (Å²) in [7, 11) is 0. The van der Waals surface area contributed by atoms with Gasteiger partial charge in [-0.1, -0.05) is 0 Å². The summed E-state index contributed by atoms with van der Waals surface area (Å²) in [4.78, 5) is 2.87. The van der Waals surface area contributed by atoms with Gasteiger partial charge in [0.05, 0.1) is 26.8 Å². The maximum absolute atomic E-state index is 13.6. The first-order valence-electron chi connectivity index (χ1n) is 5.81. The molecule has 3 aromatic rings. The van der Waals surface area contributed by atoms with Gasteiger partial charge in [-0.25, -0.2) is 8.78 Å². The summed E-state index contributed by atoms with van der Waals surface area (Å²) < 4.78 is 29.0. The highest BCUT2D eigenvalue weighted by molar-refractivity contribution is 9.10. The number of aromatic nitrogens is 2. The fourth-order valence-corrected chi connectivity index (χ4v) is 2.77. The Balaban J connectivity index is 2.41. The molecule has 0 atom stereocenters. The second-order valence-electron chi connectivity index (χ2n) is 4.32. The van der Waals surface area contributed by atoms with Crippen molar-refractivity contribution in [3.63, 3.8) is 0 Å². The van der Waals surface area contributed by atoms with E-state index in [0.29, 0.717) is 21.5 Å². The normalized spacial score (nSPS) is 10.8. The molecule has 0 spiro atoms. The molecule has 0 saturated heterocycles. The van der Waals surface area contributed by atoms with Gasteiger partial charge in [0.15, 0.2) is 4.77 Å². The van der Waals surface area contributed by atoms with Crippen LogP contribution in [0.2, 0.25) is 0 Å². The van der Waals surface area contributed by atoms with E-state index < -0.39 is 11.6 Å². The van der Waals surface area contributed by atoms with Crippen LogP contribution in [0, 0.1) is 27.7 Å². The number of nitrogens with one attached hydrogen (secondary N) is 1. The van der Waals surface area contributed by atoms with Crippen molar-refractivity contribution in [2.75, 3.05) is 0 Å². The van der Waals surface area contributed by atoms with Gasteiger partial charge >= 0.3 is 0 Å². The summed E-state index contributed by atoms with van der Waals surface area (Å²) in [5.41, 5.74) is 1.67. The Kier molecular flexibility index (Phi) is 3.35. The van der Waals surface area contributed by atoms with Gasteiger partial charge in [0.2, 0.25) is 0 Å². The molecule has 0 aliphatic carbocycles. The molecule has 7 heteroatoms. The number of fused-ring (bicyclic) bond motifs is 1. The summed E-state index contributed by atoms with van der Waals surface area (Å²) in [5.74, 6) is -0.931. The predicted molar refractivity (Wildman–Crippen MR) is 80.8 cm³/mol. The molecular formula is C14H6BrF2N3S. The SMILES string of the molecule is N#Cc1cc(F)ccc1-n1c(=S)[nH]c2cc(F)c(Br)cc21. The van der Waals surface area contributed by atoms with Gasteiger partial charge in [-0.15, -0.1) is 0 Å². The van der Waals surface area contributed by atoms with E-state index in [1.807, 2.05) is 6.07 Å². The molecule has 3 nitrogen and oxygen atoms in total. The summed E-state index contributed by atoms with van der Waals surface area (Å²) >= 11 is 8.35. The molecule has 1 heterocycles. The third-order valence-corrected chi connectivity index (χ3v) is 3.94. The Morgan fingerprint density at radius 2 is 2.00 bits per heavy atom. The number of imidazole rings is 1. The summed E-state index contributed by atoms with van der Waals surface area (Å²) in [6.45, 7) is 0. The first-order chi connectivity index (χ1) is 10.0. The molecule has 0 unspecified atom stereocenters. The molecule has 3 rings (SSSR count). The van der Waals surface area contributed by atoms with Gasteiger partial charge in [0, 0.05) is 6.07 Å². The van der Waals surface area contributed by atoms with Crippen LogP contribution in [0.1, 0.15) is 5.56 Å². The van der Waals surface area contributed by atoms with E-state index in [2.05, 4.69) is 20.9 Å². The third-order valence-electron chi connectivity index (χ3n) is 3.04. The van der Waals surface area contributed by atoms with E-state index >= 15 is 0 Å². The molecule has 1 aromatic heterocycles. The van der Waals surface area contributed by atoms with Gasteiger partial charge in [0.1, 0.15) is 17.7 Å². The molecule has 0 saturated carbocycles. The number of hydrogen-bond acceptors (Lipinski definition) is 2. The maximum Gasteiger partial charge on any atom is 0.182 e. The Morgan fingerprint density at radius 3 is 2.71 bits per heavy atom. The summed E-state index contributed by atoms with van der Waals surface area (Å²) in [5, 5.41) is 9.16. The van der Waals surface area contributed by atoms with E-state index in [4.69, 9.17) is 17.5 Å². The van der Waals surface area contributed by atoms with E-state index in [0.717, 1.165) is 6.07 Å². The molecule has 2 aromatic carbocycles. The van der Waals surface area contributed by atoms with Crippen molar-refractivity contribution in [2.45, 2.75) is 0 Å². The van der Waals surface area contributed by atoms with Gasteiger partial charge < -0.3 is 4.98 Å². The monoisotopic (exact) mass is 365 g/mol. The van der Waals surface area contributed by atoms with Crippen molar-refractivity contribution < 1.29 is 8.78 Å². The number of rotatable bonds is 1. The number of nitrogens with zero attached hydrogens (tertiary/aromatic N) is 2. The second-order valence-corrected chi connectivity index (χ2v) is 5.56. The summed E-state index contributed by atoms with van der Waals surface area (Å²) in [6.07, 6.45) is 0. The highest BCUT2D eigenvalue weighted by Gasteiger charge is 2.13. The summed E-state index contributed by atoms with van der Waals surface area (Å²) in [6, 6.07) is 8.64. The van der Waals surface area contributed by atoms with Crippen LogP contribution < -0.4 is 0 Å². The predicted octanol–water partition coefficient (Wildman–Crippen LogP) is 4.60. The van der Waals surface area contributed by atoms with Gasteiger partial charge in [-0.2, -0.15) is 5.26 Å². The lowest BCUT2D eigenvalue weighted by Crippen LogP contribution is -1.98. The van der Waals surface area contributed by atoms with Crippen molar-refractivity contribution in [2.24, 2.45) is 0 Å². The highest BCUT2D eigenvalue weighted by atomic mass is 79.9. The maximum atomic E-state index is 13.6. The number of benzene rings is 2. The molecule has 104 valence electrons. The average Bonchev–Trinajstić information content (AvgIpc) is 2.75. The second kappa shape index (κ2) is 5.06. The van der Waals surface area contributed by atoms with Crippen LogP contribution in [0.5, 0.6) is 0 Å². The third kappa shape index (κ3) is 2.26. The Bertz CT molecular complexity index is 969. The molecule has 21 heavy (non-hydrogen) atoms. The number of hydrogen-bond donors (Lipinski definition) is 1. The molecule has 1 N–H and O–H groups in total. The van der Waals surface area contributed by atoms with Crippen LogP contribution in [-0.2, 0) is 0 Å². The number of H-pyrrole nitrogens is 1. The minimum atomic E-state index is -0.506. The van der Waals surface area contributed by atoms with Crippen LogP contribution in [0.4, 0.5) is 8.78 Å². The molecule has 0 fully saturated rings. The number of aromatic amines is 1. The fourth-order valence-electron chi connectivity index (χ4n) is 2.13. The van der Waals surface area contributed by atoms with Crippen LogP contribution in [-0.4, -0.2) is 9.55 Å². The molecular weight excluding hydrogens is 360 g/mol. The van der Waals surface area contributed by atoms with Crippen LogP contribution in [0.3, 0.4) is 0 Å². The lowest BCUT2D eigenvalue weighted by Gasteiger charge is -2.07. The Morgan fingerprint density at radius 1 is 1.24 bits per heavy atom. The molecule has 0 bridgehead atoms.